The smallest absolute Gasteiger partial charge is 0.240 e. The van der Waals surface area contributed by atoms with Gasteiger partial charge >= 0.3 is 0 Å². The van der Waals surface area contributed by atoms with Gasteiger partial charge in [-0.15, -0.1) is 0 Å². The van der Waals surface area contributed by atoms with E-state index < -0.39 is 5.54 Å². The molecule has 2 unspecified atom stereocenters. The molecule has 1 aliphatic carbocycles. The van der Waals surface area contributed by atoms with Crippen LogP contribution in [0.3, 0.4) is 0 Å². The molecule has 0 aliphatic heterocycles. The second-order valence-corrected chi connectivity index (χ2v) is 5.45. The lowest BCUT2D eigenvalue weighted by atomic mass is 9.54. The molecule has 18 heavy (non-hydrogen) atoms. The molecule has 0 bridgehead atoms. The fourth-order valence-corrected chi connectivity index (χ4v) is 2.41. The zero-order chi connectivity index (χ0) is 13.8. The molecule has 0 spiro atoms. The molecule has 4 nitrogen and oxygen atoms in total. The number of carbonyl (C=O) groups excluding carboxylic acids is 1. The molecule has 1 rings (SSSR count). The van der Waals surface area contributed by atoms with Crippen LogP contribution in [0.15, 0.2) is 12.2 Å². The molecule has 0 heterocycles. The van der Waals surface area contributed by atoms with E-state index in [1.807, 2.05) is 39.8 Å². The third-order valence-corrected chi connectivity index (χ3v) is 4.07. The summed E-state index contributed by atoms with van der Waals surface area (Å²) in [7, 11) is 0. The maximum Gasteiger partial charge on any atom is 0.240 e. The van der Waals surface area contributed by atoms with Gasteiger partial charge in [-0.05, 0) is 20.3 Å². The van der Waals surface area contributed by atoms with Gasteiger partial charge in [-0.25, -0.2) is 0 Å². The van der Waals surface area contributed by atoms with Crippen LogP contribution in [0.2, 0.25) is 0 Å². The van der Waals surface area contributed by atoms with Gasteiger partial charge in [-0.1, -0.05) is 26.0 Å². The minimum Gasteiger partial charge on any atom is -0.378 e. The molecule has 4 heteroatoms. The number of allylic oxidation sites excluding steroid dienone is 1. The van der Waals surface area contributed by atoms with Crippen LogP contribution in [-0.2, 0) is 9.53 Å². The first-order chi connectivity index (χ1) is 8.40. The number of amides is 1. The largest absolute Gasteiger partial charge is 0.378 e. The normalized spacial score (nSPS) is 30.2. The van der Waals surface area contributed by atoms with Gasteiger partial charge in [-0.2, -0.15) is 0 Å². The molecular formula is C14H26N2O2. The zero-order valence-electron chi connectivity index (χ0n) is 12.0. The maximum absolute atomic E-state index is 12.2. The van der Waals surface area contributed by atoms with Crippen LogP contribution in [-0.4, -0.2) is 30.7 Å². The van der Waals surface area contributed by atoms with Crippen LogP contribution in [0.4, 0.5) is 0 Å². The molecule has 1 fully saturated rings. The average Bonchev–Trinajstić information content (AvgIpc) is 2.33. The summed E-state index contributed by atoms with van der Waals surface area (Å²) in [5.41, 5.74) is 5.13. The molecule has 0 aromatic rings. The number of carbonyl (C=O) groups is 1. The molecule has 1 saturated carbocycles. The second kappa shape index (κ2) is 5.85. The van der Waals surface area contributed by atoms with Gasteiger partial charge < -0.3 is 15.8 Å². The Morgan fingerprint density at radius 3 is 2.72 bits per heavy atom. The van der Waals surface area contributed by atoms with Gasteiger partial charge in [0.25, 0.3) is 0 Å². The third kappa shape index (κ3) is 2.59. The van der Waals surface area contributed by atoms with Crippen molar-refractivity contribution in [2.24, 2.45) is 11.1 Å². The molecule has 0 aromatic carbocycles. The first kappa shape index (κ1) is 15.2. The standard InChI is InChI=1S/C14H26N2O2/c1-5-7-8-9-16-12(17)14(15)10-11(18-6-2)13(14,3)4/h5,7,11H,6,8-10,15H2,1-4H3,(H,16,17)/b7-5+. The molecule has 0 aromatic heterocycles. The lowest BCUT2D eigenvalue weighted by Crippen LogP contribution is -2.75. The lowest BCUT2D eigenvalue weighted by molar-refractivity contribution is -0.170. The van der Waals surface area contributed by atoms with Crippen molar-refractivity contribution in [3.8, 4) is 0 Å². The maximum atomic E-state index is 12.2. The Morgan fingerprint density at radius 1 is 1.56 bits per heavy atom. The Labute approximate surface area is 110 Å². The van der Waals surface area contributed by atoms with Crippen LogP contribution < -0.4 is 11.1 Å². The lowest BCUT2D eigenvalue weighted by Gasteiger charge is -2.57. The van der Waals surface area contributed by atoms with Crippen molar-refractivity contribution in [1.82, 2.24) is 5.32 Å². The predicted octanol–water partition coefficient (Wildman–Crippen LogP) is 1.60. The molecule has 0 saturated heterocycles. The van der Waals surface area contributed by atoms with E-state index in [0.29, 0.717) is 19.6 Å². The van der Waals surface area contributed by atoms with Crippen LogP contribution >= 0.6 is 0 Å². The van der Waals surface area contributed by atoms with E-state index >= 15 is 0 Å². The molecule has 2 atom stereocenters. The monoisotopic (exact) mass is 254 g/mol. The first-order valence-electron chi connectivity index (χ1n) is 6.70. The van der Waals surface area contributed by atoms with Crippen molar-refractivity contribution in [3.63, 3.8) is 0 Å². The van der Waals surface area contributed by atoms with E-state index in [2.05, 4.69) is 5.32 Å². The Bertz CT molecular complexity index is 326. The summed E-state index contributed by atoms with van der Waals surface area (Å²) in [6, 6.07) is 0. The number of rotatable bonds is 6. The Balaban J connectivity index is 2.52. The number of hydrogen-bond donors (Lipinski definition) is 2. The Kier molecular flexibility index (Phi) is 4.93. The summed E-state index contributed by atoms with van der Waals surface area (Å²) < 4.78 is 5.61. The molecule has 3 N–H and O–H groups in total. The van der Waals surface area contributed by atoms with Gasteiger partial charge in [0.2, 0.25) is 5.91 Å². The van der Waals surface area contributed by atoms with Crippen molar-refractivity contribution in [2.75, 3.05) is 13.2 Å². The van der Waals surface area contributed by atoms with E-state index in [1.54, 1.807) is 0 Å². The quantitative estimate of drug-likeness (QED) is 0.559. The van der Waals surface area contributed by atoms with Crippen molar-refractivity contribution >= 4 is 5.91 Å². The molecule has 104 valence electrons. The van der Waals surface area contributed by atoms with E-state index in [9.17, 15) is 4.79 Å². The van der Waals surface area contributed by atoms with Crippen LogP contribution in [0.5, 0.6) is 0 Å². The van der Waals surface area contributed by atoms with Gasteiger partial charge in [0.05, 0.1) is 6.10 Å². The summed E-state index contributed by atoms with van der Waals surface area (Å²) in [6.45, 7) is 9.23. The van der Waals surface area contributed by atoms with Gasteiger partial charge in [0.1, 0.15) is 5.54 Å². The number of ether oxygens (including phenoxy) is 1. The highest BCUT2D eigenvalue weighted by molar-refractivity contribution is 5.88. The molecular weight excluding hydrogens is 228 g/mol. The fraction of sp³-hybridized carbons (Fsp3) is 0.786. The first-order valence-corrected chi connectivity index (χ1v) is 6.70. The van der Waals surface area contributed by atoms with Gasteiger partial charge in [-0.3, -0.25) is 4.79 Å². The zero-order valence-corrected chi connectivity index (χ0v) is 12.0. The summed E-state index contributed by atoms with van der Waals surface area (Å²) in [5.74, 6) is -0.0621. The molecule has 1 aliphatic rings. The number of hydrogen-bond acceptors (Lipinski definition) is 3. The highest BCUT2D eigenvalue weighted by Gasteiger charge is 2.62. The van der Waals surface area contributed by atoms with E-state index in [4.69, 9.17) is 10.5 Å². The topological polar surface area (TPSA) is 64.4 Å². The van der Waals surface area contributed by atoms with E-state index in [0.717, 1.165) is 6.42 Å². The predicted molar refractivity (Wildman–Crippen MR) is 73.2 cm³/mol. The molecule has 1 amide bonds. The Hall–Kier alpha value is -0.870. The van der Waals surface area contributed by atoms with Gasteiger partial charge in [0, 0.05) is 25.0 Å². The van der Waals surface area contributed by atoms with E-state index in [1.165, 1.54) is 0 Å². The fourth-order valence-electron chi connectivity index (χ4n) is 2.41. The summed E-state index contributed by atoms with van der Waals surface area (Å²) in [5, 5.41) is 2.91. The van der Waals surface area contributed by atoms with Crippen LogP contribution in [0.1, 0.15) is 40.5 Å². The summed E-state index contributed by atoms with van der Waals surface area (Å²) >= 11 is 0. The minimum atomic E-state index is -0.803. The second-order valence-electron chi connectivity index (χ2n) is 5.45. The van der Waals surface area contributed by atoms with Crippen molar-refractivity contribution in [1.29, 1.82) is 0 Å². The number of nitrogens with one attached hydrogen (secondary N) is 1. The average molecular weight is 254 g/mol. The summed E-state index contributed by atoms with van der Waals surface area (Å²) in [4.78, 5) is 12.2. The number of nitrogens with two attached hydrogens (primary N) is 1. The third-order valence-electron chi connectivity index (χ3n) is 4.07. The van der Waals surface area contributed by atoms with E-state index in [-0.39, 0.29) is 17.4 Å². The van der Waals surface area contributed by atoms with Gasteiger partial charge in [0.15, 0.2) is 0 Å². The highest BCUT2D eigenvalue weighted by atomic mass is 16.5. The van der Waals surface area contributed by atoms with Crippen LogP contribution in [0.25, 0.3) is 0 Å². The van der Waals surface area contributed by atoms with Crippen molar-refractivity contribution in [3.05, 3.63) is 12.2 Å². The molecule has 0 radical (unpaired) electrons. The van der Waals surface area contributed by atoms with Crippen molar-refractivity contribution in [2.45, 2.75) is 52.2 Å². The Morgan fingerprint density at radius 2 is 2.22 bits per heavy atom. The highest BCUT2D eigenvalue weighted by Crippen LogP contribution is 2.49. The SMILES string of the molecule is C/C=C/CCNC(=O)C1(N)CC(OCC)C1(C)C. The minimum absolute atomic E-state index is 0.0621. The summed E-state index contributed by atoms with van der Waals surface area (Å²) in [6.07, 6.45) is 5.52. The van der Waals surface area contributed by atoms with Crippen LogP contribution in [0, 0.1) is 5.41 Å². The van der Waals surface area contributed by atoms with Crippen molar-refractivity contribution < 1.29 is 9.53 Å².